The molecule has 0 fully saturated rings. The molecule has 5 nitrogen and oxygen atoms in total. The van der Waals surface area contributed by atoms with Gasteiger partial charge in [0.2, 0.25) is 5.95 Å². The minimum atomic E-state index is 0.881. The van der Waals surface area contributed by atoms with Gasteiger partial charge in [-0.25, -0.2) is 4.98 Å². The van der Waals surface area contributed by atoms with Crippen molar-refractivity contribution in [3.63, 3.8) is 0 Å². The fourth-order valence-electron chi connectivity index (χ4n) is 1.85. The molecule has 0 aromatic carbocycles. The summed E-state index contributed by atoms with van der Waals surface area (Å²) < 4.78 is 3.98. The summed E-state index contributed by atoms with van der Waals surface area (Å²) in [6, 6.07) is 0. The number of imidazole rings is 1. The molecule has 0 saturated heterocycles. The quantitative estimate of drug-likeness (QED) is 0.798. The summed E-state index contributed by atoms with van der Waals surface area (Å²) in [5.74, 6) is 0.900. The zero-order valence-electron chi connectivity index (χ0n) is 11.3. The van der Waals surface area contributed by atoms with Crippen LogP contribution < -0.4 is 5.32 Å². The van der Waals surface area contributed by atoms with Crippen molar-refractivity contribution in [2.45, 2.75) is 40.2 Å². The van der Waals surface area contributed by atoms with Crippen molar-refractivity contribution in [1.82, 2.24) is 19.3 Å². The van der Waals surface area contributed by atoms with Gasteiger partial charge in [-0.3, -0.25) is 9.25 Å². The van der Waals surface area contributed by atoms with Crippen molar-refractivity contribution in [2.24, 2.45) is 0 Å². The number of unbranched alkanes of at least 4 members (excludes halogenated alkanes) is 1. The van der Waals surface area contributed by atoms with Crippen molar-refractivity contribution in [3.8, 4) is 5.69 Å². The molecule has 2 heterocycles. The number of aryl methyl sites for hydroxylation is 2. The standard InChI is InChI=1S/C13H21N5/c1-4-6-7-14-13-16-11(3)9-18(13)12-8-15-17(5-2)10-12/h8-10H,4-7H2,1-3H3,(H,14,16). The molecule has 0 spiro atoms. The third-order valence-corrected chi connectivity index (χ3v) is 2.86. The molecule has 18 heavy (non-hydrogen) atoms. The van der Waals surface area contributed by atoms with Gasteiger partial charge in [-0.05, 0) is 20.3 Å². The van der Waals surface area contributed by atoms with Gasteiger partial charge in [0.05, 0.1) is 17.6 Å². The Kier molecular flexibility index (Phi) is 4.02. The van der Waals surface area contributed by atoms with Crippen LogP contribution in [0, 0.1) is 6.92 Å². The second kappa shape index (κ2) is 5.71. The molecule has 0 radical (unpaired) electrons. The molecule has 0 aliphatic carbocycles. The summed E-state index contributed by atoms with van der Waals surface area (Å²) >= 11 is 0. The van der Waals surface area contributed by atoms with Crippen LogP contribution in [-0.2, 0) is 6.54 Å². The van der Waals surface area contributed by atoms with Crippen LogP contribution in [0.3, 0.4) is 0 Å². The Balaban J connectivity index is 2.20. The van der Waals surface area contributed by atoms with Crippen molar-refractivity contribution in [3.05, 3.63) is 24.3 Å². The Hall–Kier alpha value is -1.78. The topological polar surface area (TPSA) is 47.7 Å². The maximum atomic E-state index is 4.51. The van der Waals surface area contributed by atoms with Crippen LogP contribution in [0.4, 0.5) is 5.95 Å². The van der Waals surface area contributed by atoms with Gasteiger partial charge in [-0.1, -0.05) is 13.3 Å². The minimum absolute atomic E-state index is 0.881. The van der Waals surface area contributed by atoms with Crippen LogP contribution in [0.15, 0.2) is 18.6 Å². The lowest BCUT2D eigenvalue weighted by molar-refractivity contribution is 0.659. The average molecular weight is 247 g/mol. The first-order chi connectivity index (χ1) is 8.74. The van der Waals surface area contributed by atoms with Crippen LogP contribution in [0.1, 0.15) is 32.4 Å². The molecule has 0 unspecified atom stereocenters. The number of hydrogen-bond acceptors (Lipinski definition) is 3. The van der Waals surface area contributed by atoms with E-state index in [1.165, 1.54) is 6.42 Å². The van der Waals surface area contributed by atoms with Crippen LogP contribution in [0.2, 0.25) is 0 Å². The normalized spacial score (nSPS) is 10.8. The first kappa shape index (κ1) is 12.7. The van der Waals surface area contributed by atoms with Crippen molar-refractivity contribution in [2.75, 3.05) is 11.9 Å². The smallest absolute Gasteiger partial charge is 0.207 e. The van der Waals surface area contributed by atoms with E-state index in [-0.39, 0.29) is 0 Å². The van der Waals surface area contributed by atoms with Crippen molar-refractivity contribution in [1.29, 1.82) is 0 Å². The van der Waals surface area contributed by atoms with Gasteiger partial charge >= 0.3 is 0 Å². The summed E-state index contributed by atoms with van der Waals surface area (Å²) in [5, 5.41) is 7.67. The molecule has 2 rings (SSSR count). The van der Waals surface area contributed by atoms with Gasteiger partial charge in [0.15, 0.2) is 0 Å². The summed E-state index contributed by atoms with van der Waals surface area (Å²) in [6.45, 7) is 8.11. The molecule has 0 bridgehead atoms. The molecule has 0 atom stereocenters. The second-order valence-electron chi connectivity index (χ2n) is 4.41. The molecule has 0 amide bonds. The first-order valence-electron chi connectivity index (χ1n) is 6.57. The zero-order chi connectivity index (χ0) is 13.0. The number of rotatable bonds is 6. The molecule has 2 aromatic rings. The molecule has 0 aliphatic rings. The Labute approximate surface area is 108 Å². The minimum Gasteiger partial charge on any atom is -0.355 e. The highest BCUT2D eigenvalue weighted by atomic mass is 15.3. The fraction of sp³-hybridized carbons (Fsp3) is 0.538. The van der Waals surface area contributed by atoms with Gasteiger partial charge < -0.3 is 5.32 Å². The van der Waals surface area contributed by atoms with E-state index in [1.807, 2.05) is 30.2 Å². The summed E-state index contributed by atoms with van der Waals surface area (Å²) in [6.07, 6.45) is 8.27. The number of anilines is 1. The molecule has 5 heteroatoms. The molecular weight excluding hydrogens is 226 g/mol. The molecular formula is C13H21N5. The first-order valence-corrected chi connectivity index (χ1v) is 6.57. The van der Waals surface area contributed by atoms with Crippen LogP contribution >= 0.6 is 0 Å². The van der Waals surface area contributed by atoms with E-state index in [2.05, 4.69) is 33.8 Å². The van der Waals surface area contributed by atoms with E-state index in [9.17, 15) is 0 Å². The molecule has 0 saturated carbocycles. The van der Waals surface area contributed by atoms with E-state index in [4.69, 9.17) is 0 Å². The average Bonchev–Trinajstić information content (AvgIpc) is 2.96. The predicted molar refractivity (Wildman–Crippen MR) is 73.2 cm³/mol. The van der Waals surface area contributed by atoms with E-state index >= 15 is 0 Å². The Morgan fingerprint density at radius 3 is 2.78 bits per heavy atom. The van der Waals surface area contributed by atoms with Gasteiger partial charge in [0.1, 0.15) is 0 Å². The maximum Gasteiger partial charge on any atom is 0.207 e. The third kappa shape index (κ3) is 2.72. The summed E-state index contributed by atoms with van der Waals surface area (Å²) in [4.78, 5) is 4.51. The Bertz CT molecular complexity index is 497. The monoisotopic (exact) mass is 247 g/mol. The van der Waals surface area contributed by atoms with E-state index < -0.39 is 0 Å². The molecule has 1 N–H and O–H groups in total. The Morgan fingerprint density at radius 1 is 1.28 bits per heavy atom. The van der Waals surface area contributed by atoms with Crippen LogP contribution in [0.5, 0.6) is 0 Å². The van der Waals surface area contributed by atoms with Crippen molar-refractivity contribution >= 4 is 5.95 Å². The lowest BCUT2D eigenvalue weighted by Gasteiger charge is -2.06. The van der Waals surface area contributed by atoms with Gasteiger partial charge in [0, 0.05) is 25.5 Å². The highest BCUT2D eigenvalue weighted by molar-refractivity contribution is 5.40. The number of aromatic nitrogens is 4. The molecule has 98 valence electrons. The number of nitrogens with one attached hydrogen (secondary N) is 1. The number of hydrogen-bond donors (Lipinski definition) is 1. The van der Waals surface area contributed by atoms with Crippen LogP contribution in [-0.4, -0.2) is 25.9 Å². The third-order valence-electron chi connectivity index (χ3n) is 2.86. The molecule has 2 aromatic heterocycles. The SMILES string of the molecule is CCCCNc1nc(C)cn1-c1cnn(CC)c1. The van der Waals surface area contributed by atoms with Gasteiger partial charge in [0.25, 0.3) is 0 Å². The Morgan fingerprint density at radius 2 is 2.11 bits per heavy atom. The largest absolute Gasteiger partial charge is 0.355 e. The van der Waals surface area contributed by atoms with Crippen molar-refractivity contribution < 1.29 is 0 Å². The second-order valence-corrected chi connectivity index (χ2v) is 4.41. The summed E-state index contributed by atoms with van der Waals surface area (Å²) in [5.41, 5.74) is 2.06. The highest BCUT2D eigenvalue weighted by Crippen LogP contribution is 2.16. The lowest BCUT2D eigenvalue weighted by Crippen LogP contribution is -2.07. The fourth-order valence-corrected chi connectivity index (χ4v) is 1.85. The molecule has 0 aliphatic heterocycles. The predicted octanol–water partition coefficient (Wildman–Crippen LogP) is 2.61. The zero-order valence-corrected chi connectivity index (χ0v) is 11.3. The number of nitrogens with zero attached hydrogens (tertiary/aromatic N) is 4. The van der Waals surface area contributed by atoms with Gasteiger partial charge in [-0.2, -0.15) is 5.10 Å². The lowest BCUT2D eigenvalue weighted by atomic mass is 10.3. The van der Waals surface area contributed by atoms with E-state index in [1.54, 1.807) is 0 Å². The van der Waals surface area contributed by atoms with E-state index in [0.717, 1.165) is 36.8 Å². The maximum absolute atomic E-state index is 4.51. The van der Waals surface area contributed by atoms with Crippen LogP contribution in [0.25, 0.3) is 5.69 Å². The summed E-state index contributed by atoms with van der Waals surface area (Å²) in [7, 11) is 0. The highest BCUT2D eigenvalue weighted by Gasteiger charge is 2.08. The van der Waals surface area contributed by atoms with E-state index in [0.29, 0.717) is 0 Å². The van der Waals surface area contributed by atoms with Gasteiger partial charge in [-0.15, -0.1) is 0 Å².